The number of halogens is 2. The quantitative estimate of drug-likeness (QED) is 0.506. The molecule has 0 spiro atoms. The van der Waals surface area contributed by atoms with Gasteiger partial charge in [0.1, 0.15) is 5.82 Å². The number of nitrogens with zero attached hydrogens (tertiary/aromatic N) is 3. The Morgan fingerprint density at radius 3 is 2.62 bits per heavy atom. The van der Waals surface area contributed by atoms with E-state index in [1.807, 2.05) is 41.3 Å². The van der Waals surface area contributed by atoms with Crippen molar-refractivity contribution in [3.05, 3.63) is 83.7 Å². The third kappa shape index (κ3) is 3.97. The van der Waals surface area contributed by atoms with Crippen molar-refractivity contribution in [2.45, 2.75) is 13.0 Å². The van der Waals surface area contributed by atoms with Crippen molar-refractivity contribution in [1.82, 2.24) is 19.9 Å². The zero-order chi connectivity index (χ0) is 18.2. The molecule has 0 radical (unpaired) electrons. The molecule has 148 valence electrons. The summed E-state index contributed by atoms with van der Waals surface area (Å²) in [7, 11) is 0. The minimum Gasteiger partial charge on any atom is -0.338 e. The summed E-state index contributed by atoms with van der Waals surface area (Å²) in [6, 6.07) is 17.8. The number of amides is 1. The lowest BCUT2D eigenvalue weighted by molar-refractivity contribution is 0.0735. The molecule has 4 aromatic rings. The summed E-state index contributed by atoms with van der Waals surface area (Å²) < 4.78 is 0. The number of hydrogen-bond donors (Lipinski definition) is 1. The van der Waals surface area contributed by atoms with E-state index < -0.39 is 0 Å². The van der Waals surface area contributed by atoms with Crippen LogP contribution in [0.15, 0.2) is 67.0 Å². The smallest absolute Gasteiger partial charge is 0.254 e. The minimum absolute atomic E-state index is 0. The molecule has 1 amide bonds. The highest BCUT2D eigenvalue weighted by Crippen LogP contribution is 2.23. The number of aromatic amines is 1. The lowest BCUT2D eigenvalue weighted by Crippen LogP contribution is -2.35. The molecule has 0 atom stereocenters. The Morgan fingerprint density at radius 1 is 1.00 bits per heavy atom. The molecule has 5 rings (SSSR count). The highest BCUT2D eigenvalue weighted by molar-refractivity contribution is 5.97. The summed E-state index contributed by atoms with van der Waals surface area (Å²) >= 11 is 0. The second-order valence-electron chi connectivity index (χ2n) is 6.80. The van der Waals surface area contributed by atoms with Crippen LogP contribution in [0.4, 0.5) is 0 Å². The number of H-pyrrole nitrogens is 1. The Morgan fingerprint density at radius 2 is 1.83 bits per heavy atom. The van der Waals surface area contributed by atoms with Gasteiger partial charge in [0.15, 0.2) is 0 Å². The van der Waals surface area contributed by atoms with Gasteiger partial charge < -0.3 is 9.88 Å². The largest absolute Gasteiger partial charge is 0.338 e. The fourth-order valence-electron chi connectivity index (χ4n) is 3.63. The van der Waals surface area contributed by atoms with Crippen molar-refractivity contribution in [1.29, 1.82) is 0 Å². The van der Waals surface area contributed by atoms with Crippen LogP contribution in [0.25, 0.3) is 22.4 Å². The van der Waals surface area contributed by atoms with E-state index in [1.54, 1.807) is 12.4 Å². The van der Waals surface area contributed by atoms with Crippen LogP contribution in [-0.2, 0) is 13.0 Å². The van der Waals surface area contributed by atoms with Crippen molar-refractivity contribution in [2.75, 3.05) is 6.54 Å². The van der Waals surface area contributed by atoms with Gasteiger partial charge in [-0.3, -0.25) is 9.78 Å². The predicted octanol–water partition coefficient (Wildman–Crippen LogP) is 4.67. The molecule has 3 heterocycles. The molecule has 0 unspecified atom stereocenters. The number of carbonyl (C=O) groups is 1. The number of aromatic nitrogens is 3. The Balaban J connectivity index is 0.00000120. The van der Waals surface area contributed by atoms with Crippen LogP contribution in [0.1, 0.15) is 21.5 Å². The Hall–Kier alpha value is -2.89. The van der Waals surface area contributed by atoms with Crippen LogP contribution in [0.2, 0.25) is 0 Å². The van der Waals surface area contributed by atoms with Gasteiger partial charge >= 0.3 is 0 Å². The topological polar surface area (TPSA) is 61.9 Å². The van der Waals surface area contributed by atoms with Gasteiger partial charge in [0.2, 0.25) is 0 Å². The second-order valence-corrected chi connectivity index (χ2v) is 6.80. The summed E-state index contributed by atoms with van der Waals surface area (Å²) in [5.41, 5.74) is 5.88. The maximum atomic E-state index is 13.0. The van der Waals surface area contributed by atoms with E-state index in [0.29, 0.717) is 12.1 Å². The molecule has 0 saturated carbocycles. The number of nitrogens with one attached hydrogen (secondary N) is 1. The van der Waals surface area contributed by atoms with Gasteiger partial charge in [-0.2, -0.15) is 0 Å². The zero-order valence-electron chi connectivity index (χ0n) is 15.5. The number of carbonyl (C=O) groups excluding carboxylic acids is 1. The van der Waals surface area contributed by atoms with E-state index in [-0.39, 0.29) is 30.7 Å². The van der Waals surface area contributed by atoms with E-state index in [2.05, 4.69) is 33.2 Å². The number of hydrogen-bond acceptors (Lipinski definition) is 3. The number of rotatable bonds is 2. The molecule has 7 heteroatoms. The highest BCUT2D eigenvalue weighted by atomic mass is 35.5. The highest BCUT2D eigenvalue weighted by Gasteiger charge is 2.22. The van der Waals surface area contributed by atoms with Gasteiger partial charge in [-0.25, -0.2) is 4.98 Å². The van der Waals surface area contributed by atoms with Crippen molar-refractivity contribution in [3.63, 3.8) is 0 Å². The molecule has 0 fully saturated rings. The molecule has 1 aliphatic heterocycles. The normalized spacial score (nSPS) is 12.6. The van der Waals surface area contributed by atoms with Crippen LogP contribution in [0.5, 0.6) is 0 Å². The first kappa shape index (κ1) is 20.8. The van der Waals surface area contributed by atoms with E-state index in [0.717, 1.165) is 35.4 Å². The first-order chi connectivity index (χ1) is 13.3. The van der Waals surface area contributed by atoms with Crippen molar-refractivity contribution < 1.29 is 4.79 Å². The van der Waals surface area contributed by atoms with E-state index in [1.165, 1.54) is 11.1 Å². The Labute approximate surface area is 181 Å². The van der Waals surface area contributed by atoms with Crippen LogP contribution in [0, 0.1) is 0 Å². The maximum absolute atomic E-state index is 13.0. The van der Waals surface area contributed by atoms with Gasteiger partial charge in [0, 0.05) is 36.6 Å². The Bertz CT molecular complexity index is 1140. The second kappa shape index (κ2) is 8.64. The van der Waals surface area contributed by atoms with Gasteiger partial charge in [-0.05, 0) is 47.9 Å². The van der Waals surface area contributed by atoms with Gasteiger partial charge in [-0.15, -0.1) is 24.8 Å². The standard InChI is InChI=1S/C22H18N4O.2ClH/c27-22(26-11-9-15-4-1-2-5-18(15)14-26)16-7-8-19-20(12-16)25-21(24-19)17-6-3-10-23-13-17;;/h1-8,10,12-13H,9,11,14H2,(H,24,25);2*1H. The average molecular weight is 427 g/mol. The fourth-order valence-corrected chi connectivity index (χ4v) is 3.63. The summed E-state index contributed by atoms with van der Waals surface area (Å²) in [5.74, 6) is 0.818. The molecule has 1 aliphatic rings. The van der Waals surface area contributed by atoms with Crippen LogP contribution >= 0.6 is 24.8 Å². The predicted molar refractivity (Wildman–Crippen MR) is 119 cm³/mol. The third-order valence-corrected chi connectivity index (χ3v) is 5.08. The number of imidazole rings is 1. The van der Waals surface area contributed by atoms with E-state index in [4.69, 9.17) is 0 Å². The molecule has 0 aliphatic carbocycles. The third-order valence-electron chi connectivity index (χ3n) is 5.08. The van der Waals surface area contributed by atoms with Gasteiger partial charge in [0.25, 0.3) is 5.91 Å². The first-order valence-corrected chi connectivity index (χ1v) is 9.04. The van der Waals surface area contributed by atoms with Gasteiger partial charge in [-0.1, -0.05) is 24.3 Å². The molecular weight excluding hydrogens is 407 g/mol. The molecule has 2 aromatic carbocycles. The monoisotopic (exact) mass is 426 g/mol. The molecule has 29 heavy (non-hydrogen) atoms. The average Bonchev–Trinajstić information content (AvgIpc) is 3.17. The number of pyridine rings is 1. The van der Waals surface area contributed by atoms with E-state index in [9.17, 15) is 4.79 Å². The van der Waals surface area contributed by atoms with Crippen molar-refractivity contribution in [3.8, 4) is 11.4 Å². The summed E-state index contributed by atoms with van der Waals surface area (Å²) in [6.45, 7) is 1.41. The minimum atomic E-state index is 0. The number of benzene rings is 2. The van der Waals surface area contributed by atoms with Crippen LogP contribution < -0.4 is 0 Å². The molecule has 0 bridgehead atoms. The van der Waals surface area contributed by atoms with Crippen LogP contribution in [-0.4, -0.2) is 32.3 Å². The molecule has 5 nitrogen and oxygen atoms in total. The lowest BCUT2D eigenvalue weighted by atomic mass is 9.99. The van der Waals surface area contributed by atoms with Gasteiger partial charge in [0.05, 0.1) is 11.0 Å². The maximum Gasteiger partial charge on any atom is 0.254 e. The first-order valence-electron chi connectivity index (χ1n) is 9.04. The van der Waals surface area contributed by atoms with Crippen molar-refractivity contribution >= 4 is 41.8 Å². The molecular formula is C22H20Cl2N4O. The molecule has 2 aromatic heterocycles. The van der Waals surface area contributed by atoms with Crippen LogP contribution in [0.3, 0.4) is 0 Å². The molecule has 0 saturated heterocycles. The lowest BCUT2D eigenvalue weighted by Gasteiger charge is -2.29. The summed E-state index contributed by atoms with van der Waals surface area (Å²) in [6.07, 6.45) is 4.41. The summed E-state index contributed by atoms with van der Waals surface area (Å²) in [4.78, 5) is 27.0. The Kier molecular flexibility index (Phi) is 6.20. The number of fused-ring (bicyclic) bond motifs is 2. The fraction of sp³-hybridized carbons (Fsp3) is 0.136. The van der Waals surface area contributed by atoms with E-state index >= 15 is 0 Å². The SMILES string of the molecule is Cl.Cl.O=C(c1ccc2nc(-c3cccnc3)[nH]c2c1)N1CCc2ccccc2C1. The molecule has 1 N–H and O–H groups in total. The summed E-state index contributed by atoms with van der Waals surface area (Å²) in [5, 5.41) is 0. The zero-order valence-corrected chi connectivity index (χ0v) is 17.2. The van der Waals surface area contributed by atoms with Crippen molar-refractivity contribution in [2.24, 2.45) is 0 Å².